The Balaban J connectivity index is 2.43. The van der Waals surface area contributed by atoms with Gasteiger partial charge >= 0.3 is 0 Å². The van der Waals surface area contributed by atoms with Gasteiger partial charge in [-0.25, -0.2) is 0 Å². The Kier molecular flexibility index (Phi) is 1.68. The summed E-state index contributed by atoms with van der Waals surface area (Å²) in [6, 6.07) is 0. The fourth-order valence-electron chi connectivity index (χ4n) is 2.00. The van der Waals surface area contributed by atoms with Crippen LogP contribution in [0.3, 0.4) is 0 Å². The molecule has 2 atom stereocenters. The molecule has 3 nitrogen and oxygen atoms in total. The number of H-pyrrole nitrogens is 1. The average Bonchev–Trinajstić information content (AvgIpc) is 2.31. The molecule has 0 saturated carbocycles. The van der Waals surface area contributed by atoms with Crippen LogP contribution in [0.4, 0.5) is 0 Å². The number of hydrogen-bond acceptors (Lipinski definition) is 2. The highest BCUT2D eigenvalue weighted by Gasteiger charge is 2.26. The Hall–Kier alpha value is -0.830. The normalized spacial score (nSPS) is 28.6. The zero-order chi connectivity index (χ0) is 8.72. The van der Waals surface area contributed by atoms with Crippen molar-refractivity contribution in [3.05, 3.63) is 17.0 Å². The lowest BCUT2D eigenvalue weighted by molar-refractivity contribution is 0.135. The van der Waals surface area contributed by atoms with Gasteiger partial charge in [0.1, 0.15) is 0 Å². The summed E-state index contributed by atoms with van der Waals surface area (Å²) < 4.78 is 0. The molecule has 1 heterocycles. The van der Waals surface area contributed by atoms with Gasteiger partial charge < -0.3 is 5.11 Å². The second-order valence-electron chi connectivity index (χ2n) is 3.77. The van der Waals surface area contributed by atoms with Gasteiger partial charge in [-0.05, 0) is 25.7 Å². The van der Waals surface area contributed by atoms with Gasteiger partial charge in [0.15, 0.2) is 0 Å². The SMILES string of the molecule is Cc1[nH]nc2c1C(O)CC(C)C2. The van der Waals surface area contributed by atoms with Gasteiger partial charge in [-0.2, -0.15) is 5.10 Å². The van der Waals surface area contributed by atoms with E-state index in [1.165, 1.54) is 0 Å². The highest BCUT2D eigenvalue weighted by molar-refractivity contribution is 5.29. The predicted octanol–water partition coefficient (Wildman–Crippen LogP) is 1.33. The zero-order valence-electron chi connectivity index (χ0n) is 7.46. The monoisotopic (exact) mass is 166 g/mol. The first-order chi connectivity index (χ1) is 5.68. The highest BCUT2D eigenvalue weighted by atomic mass is 16.3. The third-order valence-electron chi connectivity index (χ3n) is 2.57. The number of nitrogens with zero attached hydrogens (tertiary/aromatic N) is 1. The third kappa shape index (κ3) is 1.05. The second-order valence-corrected chi connectivity index (χ2v) is 3.77. The van der Waals surface area contributed by atoms with Crippen molar-refractivity contribution in [2.24, 2.45) is 5.92 Å². The summed E-state index contributed by atoms with van der Waals surface area (Å²) in [4.78, 5) is 0. The molecule has 1 aromatic rings. The van der Waals surface area contributed by atoms with E-state index in [9.17, 15) is 5.11 Å². The fraction of sp³-hybridized carbons (Fsp3) is 0.667. The minimum absolute atomic E-state index is 0.303. The van der Waals surface area contributed by atoms with Crippen molar-refractivity contribution in [3.63, 3.8) is 0 Å². The topological polar surface area (TPSA) is 48.9 Å². The number of aliphatic hydroxyl groups excluding tert-OH is 1. The fourth-order valence-corrected chi connectivity index (χ4v) is 2.00. The summed E-state index contributed by atoms with van der Waals surface area (Å²) in [5.74, 6) is 0.551. The van der Waals surface area contributed by atoms with Crippen LogP contribution in [0.25, 0.3) is 0 Å². The largest absolute Gasteiger partial charge is 0.388 e. The molecule has 0 bridgehead atoms. The van der Waals surface area contributed by atoms with Crippen LogP contribution in [-0.2, 0) is 6.42 Å². The molecule has 1 aromatic heterocycles. The molecule has 2 rings (SSSR count). The Labute approximate surface area is 71.8 Å². The molecular formula is C9H14N2O. The first-order valence-corrected chi connectivity index (χ1v) is 4.40. The standard InChI is InChI=1S/C9H14N2O/c1-5-3-7-9(8(12)4-5)6(2)10-11-7/h5,8,12H,3-4H2,1-2H3,(H,10,11). The molecule has 2 N–H and O–H groups in total. The van der Waals surface area contributed by atoms with Crippen molar-refractivity contribution in [1.29, 1.82) is 0 Å². The van der Waals surface area contributed by atoms with Gasteiger partial charge in [-0.3, -0.25) is 5.10 Å². The van der Waals surface area contributed by atoms with Crippen molar-refractivity contribution < 1.29 is 5.11 Å². The van der Waals surface area contributed by atoms with Gasteiger partial charge in [0, 0.05) is 11.3 Å². The summed E-state index contributed by atoms with van der Waals surface area (Å²) in [5.41, 5.74) is 3.11. The van der Waals surface area contributed by atoms with E-state index >= 15 is 0 Å². The molecule has 66 valence electrons. The Morgan fingerprint density at radius 1 is 1.58 bits per heavy atom. The molecule has 0 aromatic carbocycles. The Morgan fingerprint density at radius 3 is 3.08 bits per heavy atom. The molecule has 0 saturated heterocycles. The molecule has 0 fully saturated rings. The van der Waals surface area contributed by atoms with Crippen LogP contribution in [0.2, 0.25) is 0 Å². The van der Waals surface area contributed by atoms with Crippen molar-refractivity contribution in [2.45, 2.75) is 32.8 Å². The number of hydrogen-bond donors (Lipinski definition) is 2. The average molecular weight is 166 g/mol. The van der Waals surface area contributed by atoms with Crippen LogP contribution in [0.1, 0.15) is 36.4 Å². The molecule has 0 spiro atoms. The van der Waals surface area contributed by atoms with Crippen LogP contribution in [-0.4, -0.2) is 15.3 Å². The molecule has 0 amide bonds. The Bertz CT molecular complexity index is 293. The number of rotatable bonds is 0. The van der Waals surface area contributed by atoms with Crippen molar-refractivity contribution in [2.75, 3.05) is 0 Å². The quantitative estimate of drug-likeness (QED) is 0.611. The molecule has 3 heteroatoms. The van der Waals surface area contributed by atoms with E-state index in [0.29, 0.717) is 5.92 Å². The number of aliphatic hydroxyl groups is 1. The Morgan fingerprint density at radius 2 is 2.33 bits per heavy atom. The molecule has 1 aliphatic carbocycles. The minimum Gasteiger partial charge on any atom is -0.388 e. The number of aryl methyl sites for hydroxylation is 1. The van der Waals surface area contributed by atoms with Crippen LogP contribution in [0.15, 0.2) is 0 Å². The maximum absolute atomic E-state index is 9.74. The molecule has 0 radical (unpaired) electrons. The van der Waals surface area contributed by atoms with Crippen LogP contribution < -0.4 is 0 Å². The highest BCUT2D eigenvalue weighted by Crippen LogP contribution is 2.33. The molecular weight excluding hydrogens is 152 g/mol. The molecule has 12 heavy (non-hydrogen) atoms. The molecule has 0 aliphatic heterocycles. The third-order valence-corrected chi connectivity index (χ3v) is 2.57. The van der Waals surface area contributed by atoms with E-state index in [-0.39, 0.29) is 6.10 Å². The summed E-state index contributed by atoms with van der Waals surface area (Å²) in [6.07, 6.45) is 1.56. The lowest BCUT2D eigenvalue weighted by Gasteiger charge is -2.22. The van der Waals surface area contributed by atoms with Gasteiger partial charge in [0.25, 0.3) is 0 Å². The van der Waals surface area contributed by atoms with Gasteiger partial charge in [0.05, 0.1) is 11.8 Å². The first kappa shape index (κ1) is 7.80. The summed E-state index contributed by atoms with van der Waals surface area (Å²) in [7, 11) is 0. The maximum atomic E-state index is 9.74. The lowest BCUT2D eigenvalue weighted by Crippen LogP contribution is -2.15. The van der Waals surface area contributed by atoms with E-state index < -0.39 is 0 Å². The van der Waals surface area contributed by atoms with E-state index in [0.717, 1.165) is 29.8 Å². The van der Waals surface area contributed by atoms with Crippen molar-refractivity contribution in [3.8, 4) is 0 Å². The molecule has 2 unspecified atom stereocenters. The van der Waals surface area contributed by atoms with E-state index in [4.69, 9.17) is 0 Å². The first-order valence-electron chi connectivity index (χ1n) is 4.40. The molecule has 1 aliphatic rings. The summed E-state index contributed by atoms with van der Waals surface area (Å²) >= 11 is 0. The van der Waals surface area contributed by atoms with Crippen molar-refractivity contribution >= 4 is 0 Å². The zero-order valence-corrected chi connectivity index (χ0v) is 7.46. The van der Waals surface area contributed by atoms with E-state index in [1.807, 2.05) is 6.92 Å². The number of aromatic nitrogens is 2. The van der Waals surface area contributed by atoms with Gasteiger partial charge in [0.2, 0.25) is 0 Å². The smallest absolute Gasteiger partial charge is 0.0828 e. The summed E-state index contributed by atoms with van der Waals surface area (Å²) in [5, 5.41) is 16.8. The van der Waals surface area contributed by atoms with Crippen LogP contribution in [0, 0.1) is 12.8 Å². The number of fused-ring (bicyclic) bond motifs is 1. The second kappa shape index (κ2) is 2.59. The van der Waals surface area contributed by atoms with Gasteiger partial charge in [-0.1, -0.05) is 6.92 Å². The van der Waals surface area contributed by atoms with E-state index in [2.05, 4.69) is 17.1 Å². The lowest BCUT2D eigenvalue weighted by atomic mass is 9.86. The predicted molar refractivity (Wildman–Crippen MR) is 45.8 cm³/mol. The van der Waals surface area contributed by atoms with Crippen molar-refractivity contribution in [1.82, 2.24) is 10.2 Å². The van der Waals surface area contributed by atoms with Gasteiger partial charge in [-0.15, -0.1) is 0 Å². The number of aromatic amines is 1. The van der Waals surface area contributed by atoms with E-state index in [1.54, 1.807) is 0 Å². The van der Waals surface area contributed by atoms with Crippen LogP contribution in [0.5, 0.6) is 0 Å². The summed E-state index contributed by atoms with van der Waals surface area (Å²) in [6.45, 7) is 4.11. The number of nitrogens with one attached hydrogen (secondary N) is 1. The maximum Gasteiger partial charge on any atom is 0.0828 e. The minimum atomic E-state index is -0.303. The van der Waals surface area contributed by atoms with Crippen LogP contribution >= 0.6 is 0 Å².